The standard InChI is InChI=1S/C9H5ClF2N2O/c10-2-5-1-6(4-15)14-7(3-13)8(5)9(11)12/h1,4,9H,2H2. The maximum atomic E-state index is 12.6. The van der Waals surface area contributed by atoms with E-state index in [1.54, 1.807) is 0 Å². The highest BCUT2D eigenvalue weighted by Gasteiger charge is 2.19. The summed E-state index contributed by atoms with van der Waals surface area (Å²) >= 11 is 5.45. The molecule has 0 N–H and O–H groups in total. The Balaban J connectivity index is 3.47. The Morgan fingerprint density at radius 3 is 2.73 bits per heavy atom. The molecule has 0 bridgehead atoms. The number of hydrogen-bond donors (Lipinski definition) is 0. The lowest BCUT2D eigenvalue weighted by Crippen LogP contribution is -2.03. The Morgan fingerprint density at radius 1 is 1.67 bits per heavy atom. The van der Waals surface area contributed by atoms with E-state index in [2.05, 4.69) is 4.98 Å². The zero-order valence-electron chi connectivity index (χ0n) is 7.38. The van der Waals surface area contributed by atoms with Crippen LogP contribution in [-0.4, -0.2) is 11.3 Å². The van der Waals surface area contributed by atoms with E-state index < -0.39 is 17.7 Å². The van der Waals surface area contributed by atoms with Crippen molar-refractivity contribution in [3.05, 3.63) is 28.6 Å². The number of alkyl halides is 3. The summed E-state index contributed by atoms with van der Waals surface area (Å²) in [6.45, 7) is 0. The third kappa shape index (κ3) is 2.28. The molecule has 3 nitrogen and oxygen atoms in total. The number of hydrogen-bond acceptors (Lipinski definition) is 3. The van der Waals surface area contributed by atoms with E-state index >= 15 is 0 Å². The van der Waals surface area contributed by atoms with Gasteiger partial charge in [-0.05, 0) is 11.6 Å². The summed E-state index contributed by atoms with van der Waals surface area (Å²) in [6, 6.07) is 2.67. The first-order chi connectivity index (χ1) is 7.13. The summed E-state index contributed by atoms with van der Waals surface area (Å²) in [4.78, 5) is 13.9. The molecule has 1 aromatic rings. The molecule has 0 fully saturated rings. The van der Waals surface area contributed by atoms with E-state index in [0.29, 0.717) is 6.29 Å². The van der Waals surface area contributed by atoms with E-state index in [1.165, 1.54) is 6.07 Å². The summed E-state index contributed by atoms with van der Waals surface area (Å²) in [5.74, 6) is -0.197. The van der Waals surface area contributed by atoms with Crippen LogP contribution < -0.4 is 0 Å². The van der Waals surface area contributed by atoms with Crippen LogP contribution in [-0.2, 0) is 5.88 Å². The van der Waals surface area contributed by atoms with Crippen molar-refractivity contribution >= 4 is 17.9 Å². The van der Waals surface area contributed by atoms with Crippen LogP contribution in [0.3, 0.4) is 0 Å². The van der Waals surface area contributed by atoms with E-state index in [4.69, 9.17) is 16.9 Å². The highest BCUT2D eigenvalue weighted by Crippen LogP contribution is 2.27. The molecule has 1 rings (SSSR count). The van der Waals surface area contributed by atoms with Gasteiger partial charge in [-0.15, -0.1) is 11.6 Å². The molecule has 0 amide bonds. The van der Waals surface area contributed by atoms with Crippen LogP contribution >= 0.6 is 11.6 Å². The molecule has 0 radical (unpaired) electrons. The quantitative estimate of drug-likeness (QED) is 0.592. The van der Waals surface area contributed by atoms with Crippen LogP contribution in [0.1, 0.15) is 33.7 Å². The average Bonchev–Trinajstić information content (AvgIpc) is 2.26. The fourth-order valence-electron chi connectivity index (χ4n) is 1.13. The van der Waals surface area contributed by atoms with Gasteiger partial charge in [0, 0.05) is 5.88 Å². The van der Waals surface area contributed by atoms with Gasteiger partial charge in [0.2, 0.25) is 0 Å². The maximum Gasteiger partial charge on any atom is 0.266 e. The SMILES string of the molecule is N#Cc1nc(C=O)cc(CCl)c1C(F)F. The van der Waals surface area contributed by atoms with Crippen molar-refractivity contribution < 1.29 is 13.6 Å². The first-order valence-corrected chi connectivity index (χ1v) is 4.40. The molecule has 0 aliphatic carbocycles. The van der Waals surface area contributed by atoms with Crippen molar-refractivity contribution in [2.24, 2.45) is 0 Å². The number of nitrogens with zero attached hydrogens (tertiary/aromatic N) is 2. The van der Waals surface area contributed by atoms with E-state index in [1.807, 2.05) is 0 Å². The minimum atomic E-state index is -2.83. The molecule has 15 heavy (non-hydrogen) atoms. The first-order valence-electron chi connectivity index (χ1n) is 3.87. The molecular formula is C9H5ClF2N2O. The highest BCUT2D eigenvalue weighted by atomic mass is 35.5. The van der Waals surface area contributed by atoms with Crippen LogP contribution in [0.4, 0.5) is 8.78 Å². The van der Waals surface area contributed by atoms with Crippen LogP contribution in [0.5, 0.6) is 0 Å². The smallest absolute Gasteiger partial charge is 0.266 e. The van der Waals surface area contributed by atoms with Crippen molar-refractivity contribution in [3.63, 3.8) is 0 Å². The van der Waals surface area contributed by atoms with Crippen molar-refractivity contribution in [1.82, 2.24) is 4.98 Å². The molecule has 1 heterocycles. The van der Waals surface area contributed by atoms with Crippen LogP contribution in [0.15, 0.2) is 6.07 Å². The molecule has 0 atom stereocenters. The van der Waals surface area contributed by atoms with Crippen molar-refractivity contribution in [1.29, 1.82) is 5.26 Å². The van der Waals surface area contributed by atoms with Gasteiger partial charge in [-0.25, -0.2) is 13.8 Å². The molecule has 0 aromatic carbocycles. The molecule has 1 aromatic heterocycles. The van der Waals surface area contributed by atoms with Gasteiger partial charge in [0.15, 0.2) is 12.0 Å². The molecule has 0 aliphatic heterocycles. The molecule has 0 aliphatic rings. The number of aldehydes is 1. The van der Waals surface area contributed by atoms with Crippen LogP contribution in [0.2, 0.25) is 0 Å². The van der Waals surface area contributed by atoms with Gasteiger partial charge in [0.1, 0.15) is 11.8 Å². The summed E-state index contributed by atoms with van der Waals surface area (Å²) in [5.41, 5.74) is -0.977. The number of aromatic nitrogens is 1. The van der Waals surface area contributed by atoms with E-state index in [0.717, 1.165) is 6.07 Å². The molecule has 6 heteroatoms. The van der Waals surface area contributed by atoms with Crippen molar-refractivity contribution in [2.45, 2.75) is 12.3 Å². The lowest BCUT2D eigenvalue weighted by molar-refractivity contribution is 0.111. The van der Waals surface area contributed by atoms with Gasteiger partial charge in [0.05, 0.1) is 5.56 Å². The minimum absolute atomic E-state index is 0.0558. The van der Waals surface area contributed by atoms with Crippen LogP contribution in [0.25, 0.3) is 0 Å². The number of carbonyl (C=O) groups excluding carboxylic acids is 1. The Morgan fingerprint density at radius 2 is 2.33 bits per heavy atom. The van der Waals surface area contributed by atoms with Crippen molar-refractivity contribution in [3.8, 4) is 6.07 Å². The number of halogens is 3. The Labute approximate surface area is 89.3 Å². The number of pyridine rings is 1. The van der Waals surface area contributed by atoms with Gasteiger partial charge in [0.25, 0.3) is 6.43 Å². The summed E-state index contributed by atoms with van der Waals surface area (Å²) in [5, 5.41) is 8.60. The Hall–Kier alpha value is -1.54. The van der Waals surface area contributed by atoms with Gasteiger partial charge >= 0.3 is 0 Å². The topological polar surface area (TPSA) is 53.8 Å². The van der Waals surface area contributed by atoms with E-state index in [9.17, 15) is 13.6 Å². The minimum Gasteiger partial charge on any atom is -0.296 e. The second-order valence-electron chi connectivity index (χ2n) is 2.63. The first kappa shape index (κ1) is 11.5. The maximum absolute atomic E-state index is 12.6. The molecular weight excluding hydrogens is 226 g/mol. The lowest BCUT2D eigenvalue weighted by atomic mass is 10.1. The lowest BCUT2D eigenvalue weighted by Gasteiger charge is -2.07. The van der Waals surface area contributed by atoms with Gasteiger partial charge in [-0.1, -0.05) is 0 Å². The fourth-order valence-corrected chi connectivity index (χ4v) is 1.35. The van der Waals surface area contributed by atoms with Gasteiger partial charge < -0.3 is 0 Å². The summed E-state index contributed by atoms with van der Waals surface area (Å²) in [6.07, 6.45) is -2.45. The largest absolute Gasteiger partial charge is 0.296 e. The zero-order valence-corrected chi connectivity index (χ0v) is 8.13. The molecule has 0 spiro atoms. The number of nitriles is 1. The molecule has 78 valence electrons. The predicted molar refractivity (Wildman–Crippen MR) is 48.9 cm³/mol. The van der Waals surface area contributed by atoms with Crippen molar-refractivity contribution in [2.75, 3.05) is 0 Å². The number of rotatable bonds is 3. The summed E-state index contributed by atoms with van der Waals surface area (Å²) in [7, 11) is 0. The second kappa shape index (κ2) is 4.80. The average molecular weight is 231 g/mol. The summed E-state index contributed by atoms with van der Waals surface area (Å²) < 4.78 is 25.1. The monoisotopic (exact) mass is 230 g/mol. The normalized spacial score (nSPS) is 10.1. The third-order valence-electron chi connectivity index (χ3n) is 1.75. The Kier molecular flexibility index (Phi) is 3.69. The molecule has 0 saturated carbocycles. The second-order valence-corrected chi connectivity index (χ2v) is 2.90. The zero-order chi connectivity index (χ0) is 11.4. The molecule has 0 saturated heterocycles. The fraction of sp³-hybridized carbons (Fsp3) is 0.222. The number of carbonyl (C=O) groups is 1. The van der Waals surface area contributed by atoms with Gasteiger partial charge in [-0.3, -0.25) is 4.79 Å². The van der Waals surface area contributed by atoms with Gasteiger partial charge in [-0.2, -0.15) is 5.26 Å². The highest BCUT2D eigenvalue weighted by molar-refractivity contribution is 6.17. The Bertz CT molecular complexity index is 429. The molecule has 0 unspecified atom stereocenters. The third-order valence-corrected chi connectivity index (χ3v) is 2.04. The predicted octanol–water partition coefficient (Wildman–Crippen LogP) is 2.44. The van der Waals surface area contributed by atoms with Crippen LogP contribution in [0, 0.1) is 11.3 Å². The van der Waals surface area contributed by atoms with E-state index in [-0.39, 0.29) is 17.1 Å².